The van der Waals surface area contributed by atoms with Gasteiger partial charge in [-0.1, -0.05) is 6.07 Å². The molecule has 1 saturated heterocycles. The van der Waals surface area contributed by atoms with Gasteiger partial charge in [0.2, 0.25) is 0 Å². The Balaban J connectivity index is 1.74. The highest BCUT2D eigenvalue weighted by Crippen LogP contribution is 2.21. The summed E-state index contributed by atoms with van der Waals surface area (Å²) in [6, 6.07) is 9.30. The van der Waals surface area contributed by atoms with Crippen LogP contribution in [0.4, 0.5) is 5.69 Å². The van der Waals surface area contributed by atoms with Crippen LogP contribution >= 0.6 is 0 Å². The minimum atomic E-state index is 0.504. The van der Waals surface area contributed by atoms with Crippen molar-refractivity contribution in [1.29, 1.82) is 0 Å². The third-order valence-corrected chi connectivity index (χ3v) is 3.72. The number of likely N-dealkylation sites (N-methyl/N-ethyl adjacent to an activating group) is 1. The summed E-state index contributed by atoms with van der Waals surface area (Å²) in [5.74, 6) is 0. The Labute approximate surface area is 112 Å². The molecule has 1 aliphatic heterocycles. The number of anilines is 1. The Hall–Kier alpha value is -1.95. The maximum absolute atomic E-state index is 3.90. The van der Waals surface area contributed by atoms with Crippen molar-refractivity contribution in [1.82, 2.24) is 25.1 Å². The molecule has 6 heteroatoms. The predicted molar refractivity (Wildman–Crippen MR) is 73.3 cm³/mol. The number of hydrogen-bond donors (Lipinski definition) is 1. The summed E-state index contributed by atoms with van der Waals surface area (Å²) < 4.78 is 1.66. The van der Waals surface area contributed by atoms with E-state index in [1.54, 1.807) is 11.0 Å². The van der Waals surface area contributed by atoms with Gasteiger partial charge in [-0.05, 0) is 49.0 Å². The van der Waals surface area contributed by atoms with E-state index in [2.05, 4.69) is 51.8 Å². The summed E-state index contributed by atoms with van der Waals surface area (Å²) in [7, 11) is 2.17. The molecular formula is C13H18N6. The Bertz CT molecular complexity index is 528. The lowest BCUT2D eigenvalue weighted by Gasteiger charge is -2.15. The molecular weight excluding hydrogens is 240 g/mol. The summed E-state index contributed by atoms with van der Waals surface area (Å²) >= 11 is 0. The number of nitrogens with one attached hydrogen (secondary N) is 1. The largest absolute Gasteiger partial charge is 0.381 e. The van der Waals surface area contributed by atoms with E-state index in [1.807, 2.05) is 12.1 Å². The fraction of sp³-hybridized carbons (Fsp3) is 0.462. The lowest BCUT2D eigenvalue weighted by atomic mass is 10.2. The molecule has 0 spiro atoms. The van der Waals surface area contributed by atoms with Crippen LogP contribution in [0.3, 0.4) is 0 Å². The number of nitrogens with zero attached hydrogens (tertiary/aromatic N) is 5. The molecule has 1 aliphatic rings. The van der Waals surface area contributed by atoms with Crippen LogP contribution < -0.4 is 5.32 Å². The Kier molecular flexibility index (Phi) is 3.16. The highest BCUT2D eigenvalue weighted by Gasteiger charge is 2.25. The minimum Gasteiger partial charge on any atom is -0.381 e. The molecule has 2 aromatic rings. The van der Waals surface area contributed by atoms with E-state index in [4.69, 9.17) is 0 Å². The first-order chi connectivity index (χ1) is 9.22. The van der Waals surface area contributed by atoms with Crippen molar-refractivity contribution in [3.63, 3.8) is 0 Å². The standard InChI is InChI=1S/C13H18N6/c1-10-6-12(8-18(10)2)15-11-4-3-5-13(7-11)19-9-14-16-17-19/h3-5,7,9-10,12,15H,6,8H2,1-2H3. The zero-order valence-electron chi connectivity index (χ0n) is 11.2. The van der Waals surface area contributed by atoms with E-state index < -0.39 is 0 Å². The van der Waals surface area contributed by atoms with Crippen LogP contribution in [0.5, 0.6) is 0 Å². The first-order valence-corrected chi connectivity index (χ1v) is 6.52. The quantitative estimate of drug-likeness (QED) is 0.895. The molecule has 2 unspecified atom stereocenters. The van der Waals surface area contributed by atoms with Crippen LogP contribution in [0, 0.1) is 0 Å². The average molecular weight is 258 g/mol. The molecule has 100 valence electrons. The molecule has 0 amide bonds. The van der Waals surface area contributed by atoms with Crippen LogP contribution in [0.2, 0.25) is 0 Å². The highest BCUT2D eigenvalue weighted by molar-refractivity contribution is 5.51. The molecule has 3 rings (SSSR count). The zero-order chi connectivity index (χ0) is 13.2. The molecule has 1 aromatic heterocycles. The minimum absolute atomic E-state index is 0.504. The van der Waals surface area contributed by atoms with Gasteiger partial charge in [-0.3, -0.25) is 0 Å². The van der Waals surface area contributed by atoms with Gasteiger partial charge in [-0.15, -0.1) is 5.10 Å². The van der Waals surface area contributed by atoms with Crippen molar-refractivity contribution in [2.24, 2.45) is 0 Å². The molecule has 1 aromatic carbocycles. The van der Waals surface area contributed by atoms with Gasteiger partial charge in [0.25, 0.3) is 0 Å². The van der Waals surface area contributed by atoms with Gasteiger partial charge in [0.05, 0.1) is 5.69 Å². The fourth-order valence-corrected chi connectivity index (χ4v) is 2.55. The number of likely N-dealkylation sites (tertiary alicyclic amines) is 1. The summed E-state index contributed by atoms with van der Waals surface area (Å²) in [4.78, 5) is 2.38. The van der Waals surface area contributed by atoms with Gasteiger partial charge >= 0.3 is 0 Å². The Morgan fingerprint density at radius 3 is 2.95 bits per heavy atom. The molecule has 0 bridgehead atoms. The van der Waals surface area contributed by atoms with Crippen molar-refractivity contribution in [3.8, 4) is 5.69 Å². The Morgan fingerprint density at radius 2 is 2.26 bits per heavy atom. The van der Waals surface area contributed by atoms with Gasteiger partial charge in [0.15, 0.2) is 0 Å². The number of tetrazole rings is 1. The highest BCUT2D eigenvalue weighted by atomic mass is 15.5. The second kappa shape index (κ2) is 4.97. The van der Waals surface area contributed by atoms with Crippen LogP contribution in [0.15, 0.2) is 30.6 Å². The Morgan fingerprint density at radius 1 is 1.37 bits per heavy atom. The topological polar surface area (TPSA) is 58.9 Å². The lowest BCUT2D eigenvalue weighted by molar-refractivity contribution is 0.330. The van der Waals surface area contributed by atoms with Crippen molar-refractivity contribution in [3.05, 3.63) is 30.6 Å². The molecule has 2 atom stereocenters. The van der Waals surface area contributed by atoms with E-state index in [0.29, 0.717) is 12.1 Å². The molecule has 0 radical (unpaired) electrons. The van der Waals surface area contributed by atoms with Gasteiger partial charge in [-0.2, -0.15) is 0 Å². The van der Waals surface area contributed by atoms with Crippen LogP contribution in [0.25, 0.3) is 5.69 Å². The lowest BCUT2D eigenvalue weighted by Crippen LogP contribution is -2.24. The van der Waals surface area contributed by atoms with E-state index in [9.17, 15) is 0 Å². The molecule has 0 saturated carbocycles. The van der Waals surface area contributed by atoms with Gasteiger partial charge in [-0.25, -0.2) is 4.68 Å². The van der Waals surface area contributed by atoms with E-state index in [0.717, 1.165) is 17.9 Å². The van der Waals surface area contributed by atoms with Gasteiger partial charge < -0.3 is 10.2 Å². The average Bonchev–Trinajstić information content (AvgIpc) is 3.01. The smallest absolute Gasteiger partial charge is 0.143 e. The monoisotopic (exact) mass is 258 g/mol. The molecule has 19 heavy (non-hydrogen) atoms. The summed E-state index contributed by atoms with van der Waals surface area (Å²) in [5, 5.41) is 14.8. The maximum atomic E-state index is 3.90. The van der Waals surface area contributed by atoms with Crippen molar-refractivity contribution in [2.75, 3.05) is 18.9 Å². The SMILES string of the molecule is CC1CC(Nc2cccc(-n3cnnn3)c2)CN1C. The second-order valence-corrected chi connectivity index (χ2v) is 5.17. The number of benzene rings is 1. The van der Waals surface area contributed by atoms with Crippen molar-refractivity contribution >= 4 is 5.69 Å². The summed E-state index contributed by atoms with van der Waals surface area (Å²) in [6.45, 7) is 3.34. The van der Waals surface area contributed by atoms with Gasteiger partial charge in [0.1, 0.15) is 6.33 Å². The second-order valence-electron chi connectivity index (χ2n) is 5.17. The van der Waals surface area contributed by atoms with Gasteiger partial charge in [0, 0.05) is 24.3 Å². The van der Waals surface area contributed by atoms with E-state index >= 15 is 0 Å². The van der Waals surface area contributed by atoms with E-state index in [-0.39, 0.29) is 0 Å². The number of hydrogen-bond acceptors (Lipinski definition) is 5. The predicted octanol–water partition coefficient (Wildman–Crippen LogP) is 1.17. The first kappa shape index (κ1) is 12.1. The van der Waals surface area contributed by atoms with Crippen LogP contribution in [0.1, 0.15) is 13.3 Å². The third kappa shape index (κ3) is 2.58. The molecule has 0 aliphatic carbocycles. The van der Waals surface area contributed by atoms with E-state index in [1.165, 1.54) is 6.42 Å². The molecule has 1 N–H and O–H groups in total. The summed E-state index contributed by atoms with van der Waals surface area (Å²) in [6.07, 6.45) is 2.77. The molecule has 2 heterocycles. The summed E-state index contributed by atoms with van der Waals surface area (Å²) in [5.41, 5.74) is 2.08. The number of rotatable bonds is 3. The normalized spacial score (nSPS) is 23.7. The maximum Gasteiger partial charge on any atom is 0.143 e. The van der Waals surface area contributed by atoms with Crippen molar-refractivity contribution in [2.45, 2.75) is 25.4 Å². The third-order valence-electron chi connectivity index (χ3n) is 3.72. The fourth-order valence-electron chi connectivity index (χ4n) is 2.55. The first-order valence-electron chi connectivity index (χ1n) is 6.52. The molecule has 1 fully saturated rings. The zero-order valence-corrected chi connectivity index (χ0v) is 11.2. The van der Waals surface area contributed by atoms with Crippen LogP contribution in [-0.4, -0.2) is 50.8 Å². The molecule has 6 nitrogen and oxygen atoms in total. The van der Waals surface area contributed by atoms with Crippen LogP contribution in [-0.2, 0) is 0 Å². The number of aromatic nitrogens is 4. The van der Waals surface area contributed by atoms with Crippen molar-refractivity contribution < 1.29 is 0 Å².